The van der Waals surface area contributed by atoms with Crippen molar-refractivity contribution in [3.8, 4) is 5.75 Å². The minimum atomic E-state index is -0.946. The van der Waals surface area contributed by atoms with Crippen molar-refractivity contribution in [1.29, 1.82) is 0 Å². The van der Waals surface area contributed by atoms with Crippen LogP contribution in [0.4, 0.5) is 8.78 Å². The number of ketones is 1. The first-order valence-electron chi connectivity index (χ1n) is 4.88. The van der Waals surface area contributed by atoms with Crippen molar-refractivity contribution in [1.82, 2.24) is 0 Å². The topological polar surface area (TPSA) is 37.3 Å². The van der Waals surface area contributed by atoms with Crippen molar-refractivity contribution in [2.75, 3.05) is 0 Å². The second-order valence-corrected chi connectivity index (χ2v) is 3.44. The Hall–Kier alpha value is -2.23. The molecule has 0 spiro atoms. The summed E-state index contributed by atoms with van der Waals surface area (Å²) in [6.07, 6.45) is 0. The van der Waals surface area contributed by atoms with E-state index in [0.29, 0.717) is 0 Å². The first-order valence-corrected chi connectivity index (χ1v) is 4.88. The summed E-state index contributed by atoms with van der Waals surface area (Å²) >= 11 is 0. The molecule has 1 N–H and O–H groups in total. The van der Waals surface area contributed by atoms with Gasteiger partial charge in [0.15, 0.2) is 0 Å². The highest BCUT2D eigenvalue weighted by molar-refractivity contribution is 6.10. The highest BCUT2D eigenvalue weighted by Crippen LogP contribution is 2.22. The first kappa shape index (κ1) is 11.3. The fraction of sp³-hybridized carbons (Fsp3) is 0. The van der Waals surface area contributed by atoms with Crippen molar-refractivity contribution in [3.63, 3.8) is 0 Å². The molecule has 2 rings (SSSR count). The summed E-state index contributed by atoms with van der Waals surface area (Å²) in [4.78, 5) is 11.9. The summed E-state index contributed by atoms with van der Waals surface area (Å²) in [5.74, 6) is -3.07. The molecule has 0 fully saturated rings. The quantitative estimate of drug-likeness (QED) is 0.811. The van der Waals surface area contributed by atoms with Crippen LogP contribution in [-0.4, -0.2) is 10.9 Å². The Bertz CT molecular complexity index is 559. The van der Waals surface area contributed by atoms with Crippen LogP contribution in [0, 0.1) is 11.6 Å². The van der Waals surface area contributed by atoms with Gasteiger partial charge in [-0.3, -0.25) is 4.79 Å². The summed E-state index contributed by atoms with van der Waals surface area (Å²) in [6, 6.07) is 8.78. The molecular weight excluding hydrogens is 226 g/mol. The van der Waals surface area contributed by atoms with Gasteiger partial charge in [0.2, 0.25) is 5.78 Å². The molecule has 0 saturated carbocycles. The number of aromatic hydroxyl groups is 1. The molecule has 0 heterocycles. The van der Waals surface area contributed by atoms with E-state index in [1.54, 1.807) is 0 Å². The molecule has 2 aromatic rings. The lowest BCUT2D eigenvalue weighted by atomic mass is 10.0. The lowest BCUT2D eigenvalue weighted by Gasteiger charge is -2.05. The van der Waals surface area contributed by atoms with Crippen LogP contribution in [0.25, 0.3) is 0 Å². The normalized spacial score (nSPS) is 10.2. The summed E-state index contributed by atoms with van der Waals surface area (Å²) in [5, 5.41) is 9.46. The Morgan fingerprint density at radius 3 is 2.12 bits per heavy atom. The van der Waals surface area contributed by atoms with Gasteiger partial charge in [0.25, 0.3) is 0 Å². The Morgan fingerprint density at radius 1 is 0.941 bits per heavy atom. The highest BCUT2D eigenvalue weighted by atomic mass is 19.1. The van der Waals surface area contributed by atoms with E-state index in [4.69, 9.17) is 0 Å². The molecule has 0 unspecified atom stereocenters. The molecule has 0 atom stereocenters. The maximum atomic E-state index is 13.4. The van der Waals surface area contributed by atoms with Gasteiger partial charge in [-0.05, 0) is 24.3 Å². The SMILES string of the molecule is O=C(c1ccccc1O)c1c(F)cccc1F. The zero-order chi connectivity index (χ0) is 12.4. The Kier molecular flexibility index (Phi) is 2.87. The molecule has 0 aliphatic rings. The lowest BCUT2D eigenvalue weighted by Crippen LogP contribution is -2.07. The zero-order valence-corrected chi connectivity index (χ0v) is 8.65. The number of hydrogen-bond donors (Lipinski definition) is 1. The lowest BCUT2D eigenvalue weighted by molar-refractivity contribution is 0.102. The predicted molar refractivity (Wildman–Crippen MR) is 57.9 cm³/mol. The van der Waals surface area contributed by atoms with E-state index in [2.05, 4.69) is 0 Å². The van der Waals surface area contributed by atoms with E-state index in [9.17, 15) is 18.7 Å². The molecule has 2 aromatic carbocycles. The number of carbonyl (C=O) groups excluding carboxylic acids is 1. The number of hydrogen-bond acceptors (Lipinski definition) is 2. The van der Waals surface area contributed by atoms with Gasteiger partial charge in [0.1, 0.15) is 17.4 Å². The number of rotatable bonds is 2. The largest absolute Gasteiger partial charge is 0.507 e. The molecule has 0 saturated heterocycles. The number of carbonyl (C=O) groups is 1. The maximum Gasteiger partial charge on any atom is 0.202 e. The molecule has 4 heteroatoms. The van der Waals surface area contributed by atoms with E-state index in [1.165, 1.54) is 30.3 Å². The standard InChI is InChI=1S/C13H8F2O2/c14-9-5-3-6-10(15)12(9)13(17)8-4-1-2-7-11(8)16/h1-7,16H. The number of para-hydroxylation sites is 1. The molecule has 0 amide bonds. The monoisotopic (exact) mass is 234 g/mol. The van der Waals surface area contributed by atoms with E-state index < -0.39 is 23.0 Å². The average Bonchev–Trinajstić information content (AvgIpc) is 2.29. The Labute approximate surface area is 96.1 Å². The smallest absolute Gasteiger partial charge is 0.202 e. The molecule has 0 bridgehead atoms. The molecule has 86 valence electrons. The van der Waals surface area contributed by atoms with Gasteiger partial charge >= 0.3 is 0 Å². The summed E-state index contributed by atoms with van der Waals surface area (Å²) < 4.78 is 26.8. The summed E-state index contributed by atoms with van der Waals surface area (Å²) in [5.41, 5.74) is -0.787. The number of benzene rings is 2. The van der Waals surface area contributed by atoms with Crippen molar-refractivity contribution in [3.05, 3.63) is 65.2 Å². The fourth-order valence-electron chi connectivity index (χ4n) is 1.52. The van der Waals surface area contributed by atoms with Crippen LogP contribution in [0.2, 0.25) is 0 Å². The molecule has 0 aromatic heterocycles. The second-order valence-electron chi connectivity index (χ2n) is 3.44. The zero-order valence-electron chi connectivity index (χ0n) is 8.65. The van der Waals surface area contributed by atoms with Gasteiger partial charge < -0.3 is 5.11 Å². The van der Waals surface area contributed by atoms with Gasteiger partial charge in [-0.2, -0.15) is 0 Å². The van der Waals surface area contributed by atoms with Crippen molar-refractivity contribution < 1.29 is 18.7 Å². The van der Waals surface area contributed by atoms with Crippen molar-refractivity contribution >= 4 is 5.78 Å². The third-order valence-corrected chi connectivity index (χ3v) is 2.34. The molecule has 2 nitrogen and oxygen atoms in total. The first-order chi connectivity index (χ1) is 8.11. The van der Waals surface area contributed by atoms with Crippen LogP contribution in [0.1, 0.15) is 15.9 Å². The van der Waals surface area contributed by atoms with E-state index in [1.807, 2.05) is 0 Å². The molecule has 0 aliphatic carbocycles. The fourth-order valence-corrected chi connectivity index (χ4v) is 1.52. The number of halogens is 2. The van der Waals surface area contributed by atoms with Gasteiger partial charge in [0, 0.05) is 0 Å². The molecule has 17 heavy (non-hydrogen) atoms. The second kappa shape index (κ2) is 4.33. The van der Waals surface area contributed by atoms with Crippen molar-refractivity contribution in [2.45, 2.75) is 0 Å². The van der Waals surface area contributed by atoms with E-state index >= 15 is 0 Å². The van der Waals surface area contributed by atoms with Crippen molar-refractivity contribution in [2.24, 2.45) is 0 Å². The van der Waals surface area contributed by atoms with E-state index in [-0.39, 0.29) is 11.3 Å². The van der Waals surface area contributed by atoms with Gasteiger partial charge in [0.05, 0.1) is 11.1 Å². The summed E-state index contributed by atoms with van der Waals surface area (Å²) in [6.45, 7) is 0. The minimum Gasteiger partial charge on any atom is -0.507 e. The highest BCUT2D eigenvalue weighted by Gasteiger charge is 2.20. The van der Waals surface area contributed by atoms with Crippen LogP contribution in [0.15, 0.2) is 42.5 Å². The van der Waals surface area contributed by atoms with Gasteiger partial charge in [-0.15, -0.1) is 0 Å². The molecular formula is C13H8F2O2. The van der Waals surface area contributed by atoms with Crippen LogP contribution < -0.4 is 0 Å². The maximum absolute atomic E-state index is 13.4. The van der Waals surface area contributed by atoms with Crippen LogP contribution >= 0.6 is 0 Å². The van der Waals surface area contributed by atoms with Crippen LogP contribution in [-0.2, 0) is 0 Å². The van der Waals surface area contributed by atoms with Gasteiger partial charge in [-0.1, -0.05) is 18.2 Å². The van der Waals surface area contributed by atoms with E-state index in [0.717, 1.165) is 12.1 Å². The predicted octanol–water partition coefficient (Wildman–Crippen LogP) is 2.90. The van der Waals surface area contributed by atoms with Crippen LogP contribution in [0.5, 0.6) is 5.75 Å². The Morgan fingerprint density at radius 2 is 1.53 bits per heavy atom. The molecule has 0 aliphatic heterocycles. The van der Waals surface area contributed by atoms with Gasteiger partial charge in [-0.25, -0.2) is 8.78 Å². The third kappa shape index (κ3) is 2.01. The Balaban J connectivity index is 2.56. The number of phenolic OH excluding ortho intramolecular Hbond substituents is 1. The van der Waals surface area contributed by atoms with Crippen LogP contribution in [0.3, 0.4) is 0 Å². The average molecular weight is 234 g/mol. The summed E-state index contributed by atoms with van der Waals surface area (Å²) in [7, 11) is 0. The molecule has 0 radical (unpaired) electrons. The number of phenols is 1. The minimum absolute atomic E-state index is 0.128. The third-order valence-electron chi connectivity index (χ3n) is 2.34.